The van der Waals surface area contributed by atoms with Crippen LogP contribution in [0.15, 0.2) is 36.4 Å². The Morgan fingerprint density at radius 1 is 0.882 bits per heavy atom. The number of carboxylic acids is 2. The molecule has 0 aliphatic heterocycles. The number of carbonyl (C=O) groups is 2. The van der Waals surface area contributed by atoms with Crippen molar-refractivity contribution in [3.05, 3.63) is 47.5 Å². The summed E-state index contributed by atoms with van der Waals surface area (Å²) in [6.45, 7) is 0. The van der Waals surface area contributed by atoms with Gasteiger partial charge in [-0.25, -0.2) is 9.59 Å². The fourth-order valence-electron chi connectivity index (χ4n) is 1.68. The summed E-state index contributed by atoms with van der Waals surface area (Å²) in [7, 11) is 0. The number of aromatic carboxylic acids is 2. The predicted molar refractivity (Wildman–Crippen MR) is 57.9 cm³/mol. The summed E-state index contributed by atoms with van der Waals surface area (Å²) in [6.07, 6.45) is 0. The third-order valence-electron chi connectivity index (χ3n) is 2.37. The van der Waals surface area contributed by atoms with E-state index < -0.39 is 11.9 Å². The maximum absolute atomic E-state index is 11.1. The molecule has 0 fully saturated rings. The second-order valence-electron chi connectivity index (χ2n) is 3.32. The molecule has 2 aromatic carbocycles. The van der Waals surface area contributed by atoms with Gasteiger partial charge < -0.3 is 10.2 Å². The molecule has 1 radical (unpaired) electrons. The minimum atomic E-state index is -1.23. The zero-order valence-electron chi connectivity index (χ0n) is 8.55. The number of rotatable bonds is 2. The molecule has 2 rings (SSSR count). The zero-order valence-corrected chi connectivity index (χ0v) is 11.0. The molecular weight excluding hydrogens is 360 g/mol. The van der Waals surface area contributed by atoms with Crippen molar-refractivity contribution in [3.8, 4) is 0 Å². The van der Waals surface area contributed by atoms with Crippen LogP contribution in [0, 0.1) is 49.4 Å². The molecule has 0 amide bonds. The first kappa shape index (κ1) is 14.3. The van der Waals surface area contributed by atoms with Crippen molar-refractivity contribution in [2.45, 2.75) is 0 Å². The van der Waals surface area contributed by atoms with Gasteiger partial charge in [-0.3, -0.25) is 0 Å². The molecule has 0 aliphatic carbocycles. The van der Waals surface area contributed by atoms with E-state index in [1.54, 1.807) is 30.3 Å². The van der Waals surface area contributed by atoms with E-state index in [1.165, 1.54) is 6.07 Å². The summed E-state index contributed by atoms with van der Waals surface area (Å²) in [5.41, 5.74) is -0.350. The second kappa shape index (κ2) is 5.71. The van der Waals surface area contributed by atoms with Crippen LogP contribution in [0.5, 0.6) is 0 Å². The Morgan fingerprint density at radius 3 is 2.12 bits per heavy atom. The van der Waals surface area contributed by atoms with Crippen molar-refractivity contribution in [3.63, 3.8) is 0 Å². The molecule has 0 aliphatic rings. The number of carboxylic acid groups (broad SMARTS) is 2. The largest absolute Gasteiger partial charge is 0.478 e. The summed E-state index contributed by atoms with van der Waals surface area (Å²) < 4.78 is 0. The average Bonchev–Trinajstić information content (AvgIpc) is 2.27. The number of hydrogen-bond donors (Lipinski definition) is 2. The molecule has 17 heavy (non-hydrogen) atoms. The molecule has 0 saturated carbocycles. The molecule has 0 aromatic heterocycles. The van der Waals surface area contributed by atoms with Crippen molar-refractivity contribution in [1.82, 2.24) is 0 Å². The fraction of sp³-hybridized carbons (Fsp3) is 0. The van der Waals surface area contributed by atoms with Crippen LogP contribution >= 0.6 is 0 Å². The van der Waals surface area contributed by atoms with Gasteiger partial charge >= 0.3 is 11.9 Å². The summed E-state index contributed by atoms with van der Waals surface area (Å²) in [5, 5.41) is 19.1. The standard InChI is InChI=1S/C12H8O4.Eu/c13-11(14)9-6-5-7-3-1-2-4-8(7)10(9)12(15)16;/h1-6H,(H,13,14)(H,15,16);. The van der Waals surface area contributed by atoms with Crippen LogP contribution in [0.2, 0.25) is 0 Å². The Kier molecular flexibility index (Phi) is 4.80. The van der Waals surface area contributed by atoms with Crippen molar-refractivity contribution in [1.29, 1.82) is 0 Å². The number of fused-ring (bicyclic) bond motifs is 1. The van der Waals surface area contributed by atoms with Gasteiger partial charge in [-0.1, -0.05) is 30.3 Å². The first-order valence-corrected chi connectivity index (χ1v) is 4.59. The molecular formula is C12H8EuO4. The minimum Gasteiger partial charge on any atom is -0.478 e. The molecule has 0 spiro atoms. The van der Waals surface area contributed by atoms with Gasteiger partial charge in [0.05, 0.1) is 11.1 Å². The van der Waals surface area contributed by atoms with E-state index >= 15 is 0 Å². The van der Waals surface area contributed by atoms with Crippen molar-refractivity contribution < 1.29 is 69.2 Å². The first-order chi connectivity index (χ1) is 7.61. The summed E-state index contributed by atoms with van der Waals surface area (Å²) in [5.74, 6) is -2.46. The molecule has 5 heteroatoms. The maximum atomic E-state index is 11.1. The SMILES string of the molecule is O=C(O)c1ccc2ccccc2c1C(=O)O.[Eu]. The molecule has 0 atom stereocenters. The summed E-state index contributed by atoms with van der Waals surface area (Å²) in [6, 6.07) is 9.72. The van der Waals surface area contributed by atoms with Crippen LogP contribution in [0.25, 0.3) is 10.8 Å². The predicted octanol–water partition coefficient (Wildman–Crippen LogP) is 2.24. The van der Waals surface area contributed by atoms with E-state index in [0.29, 0.717) is 10.8 Å². The second-order valence-corrected chi connectivity index (χ2v) is 3.32. The fourth-order valence-corrected chi connectivity index (χ4v) is 1.68. The van der Waals surface area contributed by atoms with Crippen LogP contribution in [-0.2, 0) is 0 Å². The van der Waals surface area contributed by atoms with Crippen LogP contribution in [0.1, 0.15) is 20.7 Å². The van der Waals surface area contributed by atoms with Gasteiger partial charge in [0.1, 0.15) is 0 Å². The van der Waals surface area contributed by atoms with Gasteiger partial charge in [-0.15, -0.1) is 0 Å². The third kappa shape index (κ3) is 2.73. The van der Waals surface area contributed by atoms with E-state index in [-0.39, 0.29) is 60.5 Å². The van der Waals surface area contributed by atoms with Crippen LogP contribution < -0.4 is 0 Å². The van der Waals surface area contributed by atoms with Crippen LogP contribution in [0.3, 0.4) is 0 Å². The summed E-state index contributed by atoms with van der Waals surface area (Å²) >= 11 is 0. The Morgan fingerprint density at radius 2 is 1.53 bits per heavy atom. The van der Waals surface area contributed by atoms with E-state index in [9.17, 15) is 9.59 Å². The van der Waals surface area contributed by atoms with E-state index in [1.807, 2.05) is 0 Å². The molecule has 0 heterocycles. The van der Waals surface area contributed by atoms with Gasteiger partial charge in [0.2, 0.25) is 0 Å². The molecule has 87 valence electrons. The number of hydrogen-bond acceptors (Lipinski definition) is 2. The average molecular weight is 368 g/mol. The Bertz CT molecular complexity index is 592. The summed E-state index contributed by atoms with van der Waals surface area (Å²) in [4.78, 5) is 22.0. The van der Waals surface area contributed by atoms with Gasteiger partial charge in [-0.2, -0.15) is 0 Å². The Hall–Kier alpha value is -0.776. The van der Waals surface area contributed by atoms with Gasteiger partial charge in [0.25, 0.3) is 0 Å². The van der Waals surface area contributed by atoms with Gasteiger partial charge in [0, 0.05) is 49.4 Å². The van der Waals surface area contributed by atoms with Crippen molar-refractivity contribution in [2.24, 2.45) is 0 Å². The van der Waals surface area contributed by atoms with Gasteiger partial charge in [-0.05, 0) is 16.8 Å². The van der Waals surface area contributed by atoms with Crippen molar-refractivity contribution in [2.75, 3.05) is 0 Å². The molecule has 0 unspecified atom stereocenters. The maximum Gasteiger partial charge on any atom is 0.337 e. The van der Waals surface area contributed by atoms with E-state index in [0.717, 1.165) is 0 Å². The van der Waals surface area contributed by atoms with Crippen LogP contribution in [-0.4, -0.2) is 22.2 Å². The van der Waals surface area contributed by atoms with E-state index in [4.69, 9.17) is 10.2 Å². The van der Waals surface area contributed by atoms with Crippen LogP contribution in [0.4, 0.5) is 0 Å². The Balaban J connectivity index is 0.00000144. The first-order valence-electron chi connectivity index (χ1n) is 4.59. The topological polar surface area (TPSA) is 74.6 Å². The molecule has 0 bridgehead atoms. The van der Waals surface area contributed by atoms with E-state index in [2.05, 4.69) is 0 Å². The third-order valence-corrected chi connectivity index (χ3v) is 2.37. The smallest absolute Gasteiger partial charge is 0.337 e. The van der Waals surface area contributed by atoms with Gasteiger partial charge in [0.15, 0.2) is 0 Å². The normalized spacial score (nSPS) is 9.65. The number of benzene rings is 2. The molecule has 2 aromatic rings. The molecule has 2 N–H and O–H groups in total. The molecule has 0 saturated heterocycles. The quantitative estimate of drug-likeness (QED) is 0.853. The minimum absolute atomic E-state index is 0. The Labute approximate surface area is 138 Å². The zero-order chi connectivity index (χ0) is 11.7. The molecule has 4 nitrogen and oxygen atoms in total. The monoisotopic (exact) mass is 369 g/mol. The van der Waals surface area contributed by atoms with Crippen molar-refractivity contribution >= 4 is 22.7 Å².